The van der Waals surface area contributed by atoms with Crippen molar-refractivity contribution in [2.45, 2.75) is 45.7 Å². The minimum atomic E-state index is -0.276. The normalized spacial score (nSPS) is 13.4. The number of nitrogens with two attached hydrogens (primary N) is 1. The summed E-state index contributed by atoms with van der Waals surface area (Å²) in [5.41, 5.74) is 10.6. The molecule has 0 unspecified atom stereocenters. The third-order valence-electron chi connectivity index (χ3n) is 6.57. The maximum Gasteiger partial charge on any atom is 0.258 e. The monoisotopic (exact) mass is 513 g/mol. The van der Waals surface area contributed by atoms with E-state index in [1.165, 1.54) is 12.4 Å². The Hall–Kier alpha value is -4.24. The van der Waals surface area contributed by atoms with E-state index in [1.807, 2.05) is 69.3 Å². The fraction of sp³-hybridized carbons (Fsp3) is 0.310. The van der Waals surface area contributed by atoms with Crippen LogP contribution in [0.3, 0.4) is 0 Å². The van der Waals surface area contributed by atoms with Crippen molar-refractivity contribution >= 4 is 29.2 Å². The number of fused-ring (bicyclic) bond motifs is 1. The van der Waals surface area contributed by atoms with E-state index >= 15 is 0 Å². The molecule has 2 aromatic carbocycles. The molecule has 0 saturated heterocycles. The number of nitrogens with one attached hydrogen (secondary N) is 4. The van der Waals surface area contributed by atoms with Gasteiger partial charge in [-0.05, 0) is 50.1 Å². The summed E-state index contributed by atoms with van der Waals surface area (Å²) in [6.07, 6.45) is 4.28. The van der Waals surface area contributed by atoms with Gasteiger partial charge in [0.1, 0.15) is 11.6 Å². The van der Waals surface area contributed by atoms with Gasteiger partial charge >= 0.3 is 0 Å². The van der Waals surface area contributed by atoms with Crippen LogP contribution >= 0.6 is 0 Å². The zero-order chi connectivity index (χ0) is 27.1. The molecule has 0 fully saturated rings. The van der Waals surface area contributed by atoms with E-state index in [0.717, 1.165) is 53.3 Å². The van der Waals surface area contributed by atoms with Crippen molar-refractivity contribution in [2.75, 3.05) is 18.5 Å². The Labute approximate surface area is 223 Å². The van der Waals surface area contributed by atoms with Crippen molar-refractivity contribution in [1.29, 1.82) is 5.41 Å². The van der Waals surface area contributed by atoms with Gasteiger partial charge in [0.25, 0.3) is 5.91 Å². The minimum absolute atomic E-state index is 0.0641. The molecule has 0 atom stereocenters. The fourth-order valence-corrected chi connectivity index (χ4v) is 4.06. The number of ether oxygens (including phenoxy) is 1. The maximum absolute atomic E-state index is 12.3. The Kier molecular flexibility index (Phi) is 8.38. The Morgan fingerprint density at radius 2 is 2.00 bits per heavy atom. The van der Waals surface area contributed by atoms with Crippen molar-refractivity contribution in [3.8, 4) is 17.1 Å². The molecule has 2 heterocycles. The van der Waals surface area contributed by atoms with Gasteiger partial charge in [-0.2, -0.15) is 0 Å². The summed E-state index contributed by atoms with van der Waals surface area (Å²) in [6, 6.07) is 15.2. The smallest absolute Gasteiger partial charge is 0.258 e. The van der Waals surface area contributed by atoms with Crippen LogP contribution in [0.4, 0.5) is 11.5 Å². The SMILES string of the molecule is CCC(C)(C)NC(=O)COc1cccc(-c2nc3c(c(Nc4ccc(/C(C=N)=C/N)cc4)n2)CNCC3)c1. The molecule has 0 saturated carbocycles. The second kappa shape index (κ2) is 11.9. The van der Waals surface area contributed by atoms with E-state index in [4.69, 9.17) is 25.8 Å². The summed E-state index contributed by atoms with van der Waals surface area (Å²) < 4.78 is 5.79. The van der Waals surface area contributed by atoms with Crippen molar-refractivity contribution in [1.82, 2.24) is 20.6 Å². The molecule has 4 rings (SSSR count). The van der Waals surface area contributed by atoms with Gasteiger partial charge < -0.3 is 31.8 Å². The number of carbonyl (C=O) groups is 1. The second-order valence-electron chi connectivity index (χ2n) is 9.82. The summed E-state index contributed by atoms with van der Waals surface area (Å²) in [5.74, 6) is 1.74. The number of allylic oxidation sites excluding steroid dienone is 1. The van der Waals surface area contributed by atoms with Gasteiger partial charge in [-0.25, -0.2) is 9.97 Å². The van der Waals surface area contributed by atoms with Gasteiger partial charge in [0.2, 0.25) is 0 Å². The van der Waals surface area contributed by atoms with Crippen molar-refractivity contribution < 1.29 is 9.53 Å². The fourth-order valence-electron chi connectivity index (χ4n) is 4.06. The van der Waals surface area contributed by atoms with E-state index in [2.05, 4.69) is 16.0 Å². The highest BCUT2D eigenvalue weighted by Crippen LogP contribution is 2.29. The molecule has 0 spiro atoms. The van der Waals surface area contributed by atoms with Crippen LogP contribution in [0.1, 0.15) is 44.0 Å². The molecule has 38 heavy (non-hydrogen) atoms. The van der Waals surface area contributed by atoms with E-state index in [9.17, 15) is 4.79 Å². The van der Waals surface area contributed by atoms with Crippen LogP contribution in [-0.4, -0.2) is 40.8 Å². The largest absolute Gasteiger partial charge is 0.484 e. The van der Waals surface area contributed by atoms with E-state index in [1.54, 1.807) is 0 Å². The molecule has 198 valence electrons. The molecule has 1 aromatic heterocycles. The Bertz CT molecular complexity index is 1330. The highest BCUT2D eigenvalue weighted by atomic mass is 16.5. The van der Waals surface area contributed by atoms with E-state index in [-0.39, 0.29) is 18.1 Å². The van der Waals surface area contributed by atoms with Crippen LogP contribution in [0.25, 0.3) is 17.0 Å². The van der Waals surface area contributed by atoms with Crippen LogP contribution < -0.4 is 26.4 Å². The van der Waals surface area contributed by atoms with Gasteiger partial charge in [0, 0.05) is 59.9 Å². The van der Waals surface area contributed by atoms with Crippen LogP contribution in [0.5, 0.6) is 5.75 Å². The van der Waals surface area contributed by atoms with Gasteiger partial charge in [-0.15, -0.1) is 0 Å². The molecule has 1 aliphatic rings. The molecule has 3 aromatic rings. The number of anilines is 2. The molecule has 9 nitrogen and oxygen atoms in total. The molecule has 0 radical (unpaired) electrons. The zero-order valence-electron chi connectivity index (χ0n) is 22.1. The average Bonchev–Trinajstić information content (AvgIpc) is 2.93. The summed E-state index contributed by atoms with van der Waals surface area (Å²) >= 11 is 0. The molecular formula is C29H35N7O2. The highest BCUT2D eigenvalue weighted by Gasteiger charge is 2.20. The topological polar surface area (TPSA) is 138 Å². The third-order valence-corrected chi connectivity index (χ3v) is 6.57. The highest BCUT2D eigenvalue weighted by molar-refractivity contribution is 6.08. The van der Waals surface area contributed by atoms with Gasteiger partial charge in [-0.3, -0.25) is 4.79 Å². The Morgan fingerprint density at radius 3 is 2.71 bits per heavy atom. The van der Waals surface area contributed by atoms with Crippen LogP contribution in [-0.2, 0) is 17.8 Å². The summed E-state index contributed by atoms with van der Waals surface area (Å²) in [6.45, 7) is 7.46. The van der Waals surface area contributed by atoms with Crippen molar-refractivity contribution in [2.24, 2.45) is 5.73 Å². The predicted octanol–water partition coefficient (Wildman–Crippen LogP) is 4.17. The van der Waals surface area contributed by atoms with Crippen molar-refractivity contribution in [3.05, 3.63) is 71.6 Å². The number of rotatable bonds is 10. The van der Waals surface area contributed by atoms with Gasteiger partial charge in [-0.1, -0.05) is 31.2 Å². The number of hydrogen-bond donors (Lipinski definition) is 5. The standard InChI is InChI=1S/C29H35N7O2/c1-4-29(2,3)36-26(37)18-38-23-7-5-6-20(14-23)27-34-25-12-13-32-17-24(25)28(35-27)33-22-10-8-19(9-11-22)21(15-30)16-31/h5-11,14-16,30,32H,4,12-13,17-18,31H2,1-3H3,(H,36,37)(H,33,34,35)/b21-16+,30-15?. The first kappa shape index (κ1) is 26.8. The van der Waals surface area contributed by atoms with Crippen LogP contribution in [0.2, 0.25) is 0 Å². The number of benzene rings is 2. The first-order valence-corrected chi connectivity index (χ1v) is 12.8. The average molecular weight is 514 g/mol. The first-order chi connectivity index (χ1) is 18.3. The molecule has 9 heteroatoms. The van der Waals surface area contributed by atoms with Gasteiger partial charge in [0.15, 0.2) is 12.4 Å². The van der Waals surface area contributed by atoms with Crippen LogP contribution in [0.15, 0.2) is 54.7 Å². The number of aromatic nitrogens is 2. The Balaban J connectivity index is 1.57. The van der Waals surface area contributed by atoms with Crippen LogP contribution in [0, 0.1) is 5.41 Å². The van der Waals surface area contributed by atoms with E-state index < -0.39 is 0 Å². The molecular weight excluding hydrogens is 478 g/mol. The lowest BCUT2D eigenvalue weighted by atomic mass is 10.0. The minimum Gasteiger partial charge on any atom is -0.484 e. The number of carbonyl (C=O) groups excluding carboxylic acids is 1. The Morgan fingerprint density at radius 1 is 1.21 bits per heavy atom. The molecule has 1 amide bonds. The summed E-state index contributed by atoms with van der Waals surface area (Å²) in [7, 11) is 0. The molecule has 1 aliphatic heterocycles. The number of amides is 1. The summed E-state index contributed by atoms with van der Waals surface area (Å²) in [4.78, 5) is 22.1. The third kappa shape index (κ3) is 6.54. The summed E-state index contributed by atoms with van der Waals surface area (Å²) in [5, 5.41) is 17.3. The first-order valence-electron chi connectivity index (χ1n) is 12.8. The second-order valence-corrected chi connectivity index (χ2v) is 9.82. The van der Waals surface area contributed by atoms with Crippen molar-refractivity contribution in [3.63, 3.8) is 0 Å². The molecule has 6 N–H and O–H groups in total. The lowest BCUT2D eigenvalue weighted by Gasteiger charge is -2.24. The maximum atomic E-state index is 12.3. The zero-order valence-corrected chi connectivity index (χ0v) is 22.1. The predicted molar refractivity (Wildman–Crippen MR) is 152 cm³/mol. The molecule has 0 bridgehead atoms. The van der Waals surface area contributed by atoms with Gasteiger partial charge in [0.05, 0.1) is 5.69 Å². The lowest BCUT2D eigenvalue weighted by molar-refractivity contribution is -0.124. The number of nitrogens with zero attached hydrogens (tertiary/aromatic N) is 2. The van der Waals surface area contributed by atoms with E-state index in [0.29, 0.717) is 23.7 Å². The lowest BCUT2D eigenvalue weighted by Crippen LogP contribution is -2.44. The quantitative estimate of drug-likeness (QED) is 0.257. The molecule has 0 aliphatic carbocycles. The number of hydrogen-bond acceptors (Lipinski definition) is 8.